The van der Waals surface area contributed by atoms with Crippen molar-refractivity contribution < 1.29 is 23.0 Å². The van der Waals surface area contributed by atoms with Gasteiger partial charge in [0.2, 0.25) is 0 Å². The number of rotatable bonds is 9. The van der Waals surface area contributed by atoms with E-state index in [1.807, 2.05) is 25.1 Å². The Labute approximate surface area is 199 Å². The molecule has 1 aromatic carbocycles. The molecule has 0 amide bonds. The number of aliphatic hydroxyl groups excluding tert-OH is 1. The molecule has 10 heteroatoms. The van der Waals surface area contributed by atoms with E-state index in [1.54, 1.807) is 20.1 Å². The monoisotopic (exact) mass is 558 g/mol. The molecule has 2 unspecified atom stereocenters. The number of guanidine groups is 1. The van der Waals surface area contributed by atoms with Crippen LogP contribution >= 0.6 is 24.0 Å². The number of benzene rings is 1. The number of methoxy groups -OCH3 is 1. The molecule has 178 valence electrons. The van der Waals surface area contributed by atoms with E-state index in [9.17, 15) is 18.3 Å². The lowest BCUT2D eigenvalue weighted by atomic mass is 10.1. The van der Waals surface area contributed by atoms with Gasteiger partial charge >= 0.3 is 6.18 Å². The van der Waals surface area contributed by atoms with Gasteiger partial charge in [-0.25, -0.2) is 0 Å². The quantitative estimate of drug-likeness (QED) is 0.276. The summed E-state index contributed by atoms with van der Waals surface area (Å²) in [6.07, 6.45) is -4.13. The van der Waals surface area contributed by atoms with Crippen LogP contribution in [-0.2, 0) is 0 Å². The number of halogens is 4. The largest absolute Gasteiger partial charge is 0.497 e. The van der Waals surface area contributed by atoms with Crippen molar-refractivity contribution >= 4 is 29.9 Å². The minimum absolute atomic E-state index is 0. The van der Waals surface area contributed by atoms with Crippen LogP contribution in [0.2, 0.25) is 0 Å². The Morgan fingerprint density at radius 3 is 2.74 bits per heavy atom. The Kier molecular flexibility index (Phi) is 11.9. The average Bonchev–Trinajstić information content (AvgIpc) is 3.17. The van der Waals surface area contributed by atoms with Crippen LogP contribution < -0.4 is 10.1 Å². The molecule has 0 saturated carbocycles. The SMILES string of the molecule is CCNC(=NCC(O)c1cccc(OC)c1)N1CCC(CN(CC)CC(F)(F)F)C1.I. The Bertz CT molecular complexity index is 691. The highest BCUT2D eigenvalue weighted by molar-refractivity contribution is 14.0. The summed E-state index contributed by atoms with van der Waals surface area (Å²) >= 11 is 0. The first-order valence-corrected chi connectivity index (χ1v) is 10.4. The summed E-state index contributed by atoms with van der Waals surface area (Å²) in [6, 6.07) is 7.23. The zero-order valence-electron chi connectivity index (χ0n) is 18.4. The Morgan fingerprint density at radius 2 is 2.13 bits per heavy atom. The van der Waals surface area contributed by atoms with E-state index < -0.39 is 18.8 Å². The van der Waals surface area contributed by atoms with Crippen LogP contribution in [-0.4, -0.2) is 80.0 Å². The third-order valence-corrected chi connectivity index (χ3v) is 5.18. The van der Waals surface area contributed by atoms with Crippen molar-refractivity contribution in [1.82, 2.24) is 15.1 Å². The summed E-state index contributed by atoms with van der Waals surface area (Å²) in [5.41, 5.74) is 0.721. The van der Waals surface area contributed by atoms with Gasteiger partial charge in [-0.2, -0.15) is 13.2 Å². The first kappa shape index (κ1) is 27.8. The molecule has 1 heterocycles. The summed E-state index contributed by atoms with van der Waals surface area (Å²) in [7, 11) is 1.57. The maximum atomic E-state index is 12.7. The van der Waals surface area contributed by atoms with Gasteiger partial charge in [0, 0.05) is 26.2 Å². The summed E-state index contributed by atoms with van der Waals surface area (Å²) in [4.78, 5) is 8.08. The Hall–Kier alpha value is -1.27. The predicted octanol–water partition coefficient (Wildman–Crippen LogP) is 3.52. The number of hydrogen-bond acceptors (Lipinski definition) is 4. The summed E-state index contributed by atoms with van der Waals surface area (Å²) in [5.74, 6) is 1.50. The van der Waals surface area contributed by atoms with E-state index in [0.29, 0.717) is 37.9 Å². The molecule has 0 aliphatic carbocycles. The molecule has 1 aromatic rings. The lowest BCUT2D eigenvalue weighted by molar-refractivity contribution is -0.146. The molecule has 1 aliphatic heterocycles. The molecular formula is C21H34F3IN4O2. The number of nitrogens with zero attached hydrogens (tertiary/aromatic N) is 3. The second-order valence-corrected chi connectivity index (χ2v) is 7.53. The number of likely N-dealkylation sites (tertiary alicyclic amines) is 1. The van der Waals surface area contributed by atoms with Crippen LogP contribution in [0.15, 0.2) is 29.3 Å². The maximum Gasteiger partial charge on any atom is 0.401 e. The zero-order chi connectivity index (χ0) is 22.1. The third-order valence-electron chi connectivity index (χ3n) is 5.18. The highest BCUT2D eigenvalue weighted by atomic mass is 127. The highest BCUT2D eigenvalue weighted by Gasteiger charge is 2.33. The van der Waals surface area contributed by atoms with Crippen LogP contribution in [0.5, 0.6) is 5.75 Å². The molecular weight excluding hydrogens is 524 g/mol. The van der Waals surface area contributed by atoms with Crippen molar-refractivity contribution in [2.45, 2.75) is 32.5 Å². The third kappa shape index (κ3) is 9.40. The van der Waals surface area contributed by atoms with Crippen LogP contribution in [0, 0.1) is 5.92 Å². The topological polar surface area (TPSA) is 60.3 Å². The van der Waals surface area contributed by atoms with E-state index in [0.717, 1.165) is 18.5 Å². The van der Waals surface area contributed by atoms with Gasteiger partial charge in [-0.1, -0.05) is 19.1 Å². The van der Waals surface area contributed by atoms with Gasteiger partial charge < -0.3 is 20.1 Å². The van der Waals surface area contributed by atoms with E-state index in [-0.39, 0.29) is 36.4 Å². The van der Waals surface area contributed by atoms with Crippen LogP contribution in [0.1, 0.15) is 31.9 Å². The molecule has 2 N–H and O–H groups in total. The van der Waals surface area contributed by atoms with Gasteiger partial charge in [-0.3, -0.25) is 9.89 Å². The normalized spacial score (nSPS) is 18.1. The van der Waals surface area contributed by atoms with Crippen molar-refractivity contribution in [1.29, 1.82) is 0 Å². The fourth-order valence-electron chi connectivity index (χ4n) is 3.65. The molecule has 0 spiro atoms. The molecule has 0 bridgehead atoms. The number of ether oxygens (including phenoxy) is 1. The number of nitrogens with one attached hydrogen (secondary N) is 1. The van der Waals surface area contributed by atoms with E-state index in [1.165, 1.54) is 4.90 Å². The van der Waals surface area contributed by atoms with E-state index >= 15 is 0 Å². The standard InChI is InChI=1S/C21H33F3N4O2.HI/c1-4-25-20(26-12-19(29)17-7-6-8-18(11-17)30-3)28-10-9-16(14-28)13-27(5-2)15-21(22,23)24;/h6-8,11,16,19,29H,4-5,9-10,12-15H2,1-3H3,(H,25,26);1H. The summed E-state index contributed by atoms with van der Waals surface area (Å²) in [5, 5.41) is 13.7. The van der Waals surface area contributed by atoms with Gasteiger partial charge in [0.15, 0.2) is 5.96 Å². The average molecular weight is 558 g/mol. The fraction of sp³-hybridized carbons (Fsp3) is 0.667. The number of alkyl halides is 3. The summed E-state index contributed by atoms with van der Waals surface area (Å²) < 4.78 is 43.4. The molecule has 2 rings (SSSR count). The van der Waals surface area contributed by atoms with Crippen LogP contribution in [0.4, 0.5) is 13.2 Å². The minimum Gasteiger partial charge on any atom is -0.497 e. The molecule has 0 aromatic heterocycles. The van der Waals surface area contributed by atoms with Gasteiger partial charge in [-0.05, 0) is 43.5 Å². The van der Waals surface area contributed by atoms with Crippen LogP contribution in [0.3, 0.4) is 0 Å². The maximum absolute atomic E-state index is 12.7. The van der Waals surface area contributed by atoms with Crippen molar-refractivity contribution in [2.24, 2.45) is 10.9 Å². The van der Waals surface area contributed by atoms with Gasteiger partial charge in [0.25, 0.3) is 0 Å². The number of aliphatic imine (C=N–C) groups is 1. The molecule has 1 fully saturated rings. The highest BCUT2D eigenvalue weighted by Crippen LogP contribution is 2.22. The smallest absolute Gasteiger partial charge is 0.401 e. The fourth-order valence-corrected chi connectivity index (χ4v) is 3.65. The van der Waals surface area contributed by atoms with E-state index in [4.69, 9.17) is 4.74 Å². The minimum atomic E-state index is -4.18. The van der Waals surface area contributed by atoms with Crippen molar-refractivity contribution in [2.75, 3.05) is 52.9 Å². The molecule has 1 saturated heterocycles. The molecule has 6 nitrogen and oxygen atoms in total. The molecule has 31 heavy (non-hydrogen) atoms. The Balaban J connectivity index is 0.00000480. The second kappa shape index (κ2) is 13.3. The predicted molar refractivity (Wildman–Crippen MR) is 127 cm³/mol. The lowest BCUT2D eigenvalue weighted by Gasteiger charge is -2.26. The molecule has 0 radical (unpaired) electrons. The van der Waals surface area contributed by atoms with Crippen molar-refractivity contribution in [3.05, 3.63) is 29.8 Å². The molecule has 2 atom stereocenters. The number of aliphatic hydroxyl groups is 1. The number of hydrogen-bond donors (Lipinski definition) is 2. The second-order valence-electron chi connectivity index (χ2n) is 7.53. The molecule has 1 aliphatic rings. The summed E-state index contributed by atoms with van der Waals surface area (Å²) in [6.45, 7) is 5.87. The van der Waals surface area contributed by atoms with Gasteiger partial charge in [0.1, 0.15) is 5.75 Å². The lowest BCUT2D eigenvalue weighted by Crippen LogP contribution is -2.42. The van der Waals surface area contributed by atoms with Crippen LogP contribution in [0.25, 0.3) is 0 Å². The first-order chi connectivity index (χ1) is 14.3. The Morgan fingerprint density at radius 1 is 1.39 bits per heavy atom. The first-order valence-electron chi connectivity index (χ1n) is 10.4. The van der Waals surface area contributed by atoms with Gasteiger partial charge in [0.05, 0.1) is 26.3 Å². The zero-order valence-corrected chi connectivity index (χ0v) is 20.7. The van der Waals surface area contributed by atoms with E-state index in [2.05, 4.69) is 15.2 Å². The van der Waals surface area contributed by atoms with Crippen molar-refractivity contribution in [3.8, 4) is 5.75 Å². The van der Waals surface area contributed by atoms with Gasteiger partial charge in [-0.15, -0.1) is 24.0 Å². The van der Waals surface area contributed by atoms with Crippen molar-refractivity contribution in [3.63, 3.8) is 0 Å².